The number of hydrogen-bond donors (Lipinski definition) is 0. The number of carbonyl (C=O) groups excluding carboxylic acids is 1. The van der Waals surface area contributed by atoms with Gasteiger partial charge in [-0.2, -0.15) is 0 Å². The van der Waals surface area contributed by atoms with Gasteiger partial charge in [0, 0.05) is 42.3 Å². The summed E-state index contributed by atoms with van der Waals surface area (Å²) in [5, 5.41) is 3.49. The molecule has 7 atom stereocenters. The lowest BCUT2D eigenvalue weighted by Gasteiger charge is -2.57. The van der Waals surface area contributed by atoms with E-state index >= 15 is 4.79 Å². The first kappa shape index (κ1) is 30.8. The van der Waals surface area contributed by atoms with Crippen LogP contribution in [0.4, 0.5) is 0 Å². The van der Waals surface area contributed by atoms with E-state index in [1.54, 1.807) is 0 Å². The van der Waals surface area contributed by atoms with Crippen molar-refractivity contribution < 1.29 is 4.79 Å². The van der Waals surface area contributed by atoms with Crippen LogP contribution < -0.4 is 10.6 Å². The maximum absolute atomic E-state index is 15.3. The Labute approximate surface area is 275 Å². The lowest BCUT2D eigenvalue weighted by Crippen LogP contribution is -2.61. The molecule has 2 bridgehead atoms. The van der Waals surface area contributed by atoms with Gasteiger partial charge in [0.05, 0.1) is 11.6 Å². The lowest BCUT2D eigenvalue weighted by molar-refractivity contribution is -0.0667. The van der Waals surface area contributed by atoms with Crippen LogP contribution in [0.15, 0.2) is 121 Å². The Balaban J connectivity index is 1.36. The van der Waals surface area contributed by atoms with Gasteiger partial charge in [-0.15, -0.1) is 0 Å². The third kappa shape index (κ3) is 6.26. The van der Waals surface area contributed by atoms with Gasteiger partial charge in [0.1, 0.15) is 0 Å². The highest BCUT2D eigenvalue weighted by molar-refractivity contribution is 7.55. The number of nitrogens with zero attached hydrogens (tertiary/aromatic N) is 3. The number of piperidine rings is 3. The number of rotatable bonds is 10. The van der Waals surface area contributed by atoms with E-state index < -0.39 is 0 Å². The van der Waals surface area contributed by atoms with Crippen molar-refractivity contribution in [2.24, 2.45) is 11.8 Å². The number of para-hydroxylation sites is 1. The summed E-state index contributed by atoms with van der Waals surface area (Å²) >= 11 is 0. The highest BCUT2D eigenvalue weighted by Gasteiger charge is 2.48. The predicted octanol–water partition coefficient (Wildman–Crippen LogP) is 7.80. The Bertz CT molecular complexity index is 1770. The fourth-order valence-corrected chi connectivity index (χ4v) is 9.34. The molecule has 4 nitrogen and oxygen atoms in total. The van der Waals surface area contributed by atoms with Crippen molar-refractivity contribution in [2.75, 3.05) is 13.1 Å². The van der Waals surface area contributed by atoms with Crippen molar-refractivity contribution in [1.29, 1.82) is 0 Å². The van der Waals surface area contributed by atoms with E-state index in [4.69, 9.17) is 4.98 Å². The molecule has 234 valence electrons. The van der Waals surface area contributed by atoms with Crippen LogP contribution in [0.5, 0.6) is 0 Å². The molecule has 3 fully saturated rings. The van der Waals surface area contributed by atoms with Crippen LogP contribution in [-0.4, -0.2) is 45.9 Å². The molecule has 4 heterocycles. The van der Waals surface area contributed by atoms with E-state index in [-0.39, 0.29) is 18.0 Å². The second-order valence-electron chi connectivity index (χ2n) is 13.1. The van der Waals surface area contributed by atoms with Crippen molar-refractivity contribution in [3.8, 4) is 0 Å². The van der Waals surface area contributed by atoms with Crippen LogP contribution in [0.2, 0.25) is 0 Å². The van der Waals surface area contributed by atoms with Crippen molar-refractivity contribution in [3.05, 3.63) is 138 Å². The van der Waals surface area contributed by atoms with Crippen molar-refractivity contribution in [1.82, 2.24) is 14.8 Å². The van der Waals surface area contributed by atoms with Crippen LogP contribution in [0.1, 0.15) is 60.6 Å². The van der Waals surface area contributed by atoms with Crippen LogP contribution in [0.3, 0.4) is 0 Å². The van der Waals surface area contributed by atoms with Gasteiger partial charge in [0.15, 0.2) is 0 Å². The summed E-state index contributed by atoms with van der Waals surface area (Å²) in [7, 11) is 0.414. The Morgan fingerprint density at radius 3 is 2.39 bits per heavy atom. The first-order valence-corrected chi connectivity index (χ1v) is 18.0. The Morgan fingerprint density at radius 1 is 0.891 bits per heavy atom. The minimum atomic E-state index is -0.0970. The van der Waals surface area contributed by atoms with Gasteiger partial charge in [0.2, 0.25) is 0 Å². The molecule has 0 N–H and O–H groups in total. The van der Waals surface area contributed by atoms with E-state index in [1.165, 1.54) is 29.3 Å². The second kappa shape index (κ2) is 13.9. The van der Waals surface area contributed by atoms with E-state index in [1.807, 2.05) is 18.3 Å². The molecular formula is C41H44N3OP. The van der Waals surface area contributed by atoms with Crippen molar-refractivity contribution in [2.45, 2.75) is 57.7 Å². The summed E-state index contributed by atoms with van der Waals surface area (Å²) < 4.78 is 0. The number of amides is 1. The molecule has 0 radical (unpaired) electrons. The quantitative estimate of drug-likeness (QED) is 0.149. The normalized spacial score (nSPS) is 23.1. The van der Waals surface area contributed by atoms with Gasteiger partial charge in [0.25, 0.3) is 5.91 Å². The summed E-state index contributed by atoms with van der Waals surface area (Å²) in [5.74, 6) is 1.54. The first-order chi connectivity index (χ1) is 22.6. The summed E-state index contributed by atoms with van der Waals surface area (Å²) in [4.78, 5) is 25.0. The van der Waals surface area contributed by atoms with Gasteiger partial charge in [-0.3, -0.25) is 14.7 Å². The minimum absolute atomic E-state index is 0.0970. The number of hydrogen-bond acceptors (Lipinski definition) is 3. The predicted molar refractivity (Wildman–Crippen MR) is 193 cm³/mol. The number of fused-ring (bicyclic) bond motifs is 4. The van der Waals surface area contributed by atoms with E-state index in [0.29, 0.717) is 27.1 Å². The molecule has 1 aromatic heterocycles. The highest BCUT2D eigenvalue weighted by Crippen LogP contribution is 2.47. The van der Waals surface area contributed by atoms with Crippen LogP contribution in [-0.2, 0) is 6.42 Å². The molecule has 4 aromatic carbocycles. The molecular weight excluding hydrogens is 581 g/mol. The van der Waals surface area contributed by atoms with Gasteiger partial charge in [-0.05, 0) is 78.0 Å². The number of pyridine rings is 1. The standard InChI is InChI=1S/C41H44N3OP/c1-3-31-28-44-29(2)26-32(31)27-38(44)40(35-22-24-42-37-20-12-10-18-34(35)37)43(25-23-30-14-6-4-7-15-30)41(45)36-19-11-13-21-39(36)46-33-16-8-5-9-17-33/h4-22,24,29,31-32,38,40,46H,3,23,25-28H2,1-2H3/t29-,31-,32+,38-,40-/m1/s1. The van der Waals surface area contributed by atoms with Gasteiger partial charge >= 0.3 is 0 Å². The van der Waals surface area contributed by atoms with Gasteiger partial charge in [-0.1, -0.05) is 119 Å². The SMILES string of the molecule is CC[C@@H]1CN2[C@H](C)C[C@H]1C[C@@H]2[C@@H](c1ccnc2ccccc12)N(CCc1ccccc1)C(=O)c1ccccc1Pc1ccccc1. The molecule has 46 heavy (non-hydrogen) atoms. The van der Waals surface area contributed by atoms with Crippen LogP contribution >= 0.6 is 8.58 Å². The van der Waals surface area contributed by atoms with E-state index in [2.05, 4.69) is 127 Å². The summed E-state index contributed by atoms with van der Waals surface area (Å²) in [6, 6.07) is 40.8. The van der Waals surface area contributed by atoms with Crippen LogP contribution in [0.25, 0.3) is 10.9 Å². The van der Waals surface area contributed by atoms with Gasteiger partial charge in [-0.25, -0.2) is 0 Å². The molecule has 5 heteroatoms. The molecule has 8 rings (SSSR count). The topological polar surface area (TPSA) is 36.4 Å². The molecule has 5 aromatic rings. The number of carbonyl (C=O) groups is 1. The maximum Gasteiger partial charge on any atom is 0.255 e. The zero-order valence-electron chi connectivity index (χ0n) is 26.9. The third-order valence-corrected chi connectivity index (χ3v) is 11.8. The maximum atomic E-state index is 15.3. The Morgan fingerprint density at radius 2 is 1.61 bits per heavy atom. The second-order valence-corrected chi connectivity index (χ2v) is 14.5. The average Bonchev–Trinajstić information content (AvgIpc) is 3.11. The monoisotopic (exact) mass is 625 g/mol. The third-order valence-electron chi connectivity index (χ3n) is 10.5. The fraction of sp³-hybridized carbons (Fsp3) is 0.317. The van der Waals surface area contributed by atoms with Crippen molar-refractivity contribution >= 4 is 36.0 Å². The lowest BCUT2D eigenvalue weighted by atomic mass is 9.69. The zero-order chi connectivity index (χ0) is 31.5. The Hall–Kier alpha value is -3.85. The van der Waals surface area contributed by atoms with E-state index in [0.717, 1.165) is 47.1 Å². The van der Waals surface area contributed by atoms with Crippen LogP contribution in [0, 0.1) is 11.8 Å². The molecule has 0 saturated carbocycles. The smallest absolute Gasteiger partial charge is 0.255 e. The molecule has 1 amide bonds. The first-order valence-electron chi connectivity index (χ1n) is 17.0. The summed E-state index contributed by atoms with van der Waals surface area (Å²) in [6.45, 7) is 6.51. The fourth-order valence-electron chi connectivity index (χ4n) is 8.17. The number of benzene rings is 4. The minimum Gasteiger partial charge on any atom is -0.330 e. The van der Waals surface area contributed by atoms with Crippen molar-refractivity contribution in [3.63, 3.8) is 0 Å². The molecule has 3 saturated heterocycles. The largest absolute Gasteiger partial charge is 0.330 e. The van der Waals surface area contributed by atoms with Gasteiger partial charge < -0.3 is 4.90 Å². The Kier molecular flexibility index (Phi) is 9.28. The number of aromatic nitrogens is 1. The molecule has 0 spiro atoms. The summed E-state index contributed by atoms with van der Waals surface area (Å²) in [6.07, 6.45) is 6.33. The molecule has 3 aliphatic heterocycles. The molecule has 0 aliphatic carbocycles. The average molecular weight is 626 g/mol. The summed E-state index contributed by atoms with van der Waals surface area (Å²) in [5.41, 5.74) is 4.27. The molecule has 2 unspecified atom stereocenters. The highest BCUT2D eigenvalue weighted by atomic mass is 31.1. The molecule has 3 aliphatic rings. The zero-order valence-corrected chi connectivity index (χ0v) is 27.9. The van der Waals surface area contributed by atoms with E-state index in [9.17, 15) is 0 Å².